The Balaban J connectivity index is 0.000000182. The number of aryl methyl sites for hydroxylation is 2. The molecule has 16 rings (SSSR count). The monoisotopic (exact) mass is 1880 g/mol. The van der Waals surface area contributed by atoms with Crippen molar-refractivity contribution in [2.24, 2.45) is 28.4 Å². The van der Waals surface area contributed by atoms with Crippen LogP contribution in [0.4, 0.5) is 25.2 Å². The average molecular weight is 1890 g/mol. The van der Waals surface area contributed by atoms with E-state index in [0.29, 0.717) is 91.1 Å². The van der Waals surface area contributed by atoms with Crippen LogP contribution in [0.2, 0.25) is 0 Å². The molecule has 0 unspecified atom stereocenters. The van der Waals surface area contributed by atoms with Crippen molar-refractivity contribution in [2.75, 3.05) is 61.0 Å². The minimum atomic E-state index is -10.7. The van der Waals surface area contributed by atoms with Crippen molar-refractivity contribution < 1.29 is 106 Å². The van der Waals surface area contributed by atoms with Crippen molar-refractivity contribution in [3.8, 4) is 11.8 Å². The van der Waals surface area contributed by atoms with Gasteiger partial charge in [-0.1, -0.05) is 140 Å². The number of aromatic carboxylic acids is 1. The molecule has 6 aliphatic rings. The number of nitrogens with zero attached hydrogens (tertiary/aromatic N) is 13. The fourth-order valence-corrected chi connectivity index (χ4v) is 17.6. The van der Waals surface area contributed by atoms with Crippen LogP contribution in [0.5, 0.6) is 11.8 Å². The molecule has 10 atom stereocenters. The SMILES string of the molecule is CCN(C(C)C)C(C)C.CCOC(=O)[C@]12CC(=O)[C@@H]3C[C@@H](Oc4nc5ccccc5c5ccccc45)CN3C(=O)[C@@H](N)CCCCC/C=C\[C@@H]1C2.CCOC(=O)[C@]12CC(=O)[C@@H]3C[C@@H](Oc4nc5ccccc5c5ccccc45)CN3C(=O)[C@@H](NC(=O)c3cc(C)on3)CCCCC/C=C\[C@@H]1C2.CN(C)C(On1nnc2cccnc21)=[N+](C)C.Cc1cc(C(=O)O)no1.F[P-](F)(F)(F)(F)F. The molecule has 4 fully saturated rings. The van der Waals surface area contributed by atoms with Gasteiger partial charge in [0, 0.05) is 77.6 Å². The first kappa shape index (κ1) is 102. The van der Waals surface area contributed by atoms with Gasteiger partial charge in [0.15, 0.2) is 23.0 Å². The van der Waals surface area contributed by atoms with E-state index in [-0.39, 0.29) is 104 Å². The zero-order valence-corrected chi connectivity index (χ0v) is 78.6. The minimum absolute atomic E-state index is 0.0290. The van der Waals surface area contributed by atoms with E-state index in [1.165, 1.54) is 17.0 Å². The Labute approximate surface area is 772 Å². The Morgan fingerprint density at radius 1 is 0.604 bits per heavy atom. The van der Waals surface area contributed by atoms with E-state index in [4.69, 9.17) is 49.1 Å². The van der Waals surface area contributed by atoms with Gasteiger partial charge in [-0.15, -0.1) is 5.10 Å². The second-order valence-corrected chi connectivity index (χ2v) is 37.2. The van der Waals surface area contributed by atoms with Crippen molar-refractivity contribution in [2.45, 2.75) is 214 Å². The molecule has 722 valence electrons. The third kappa shape index (κ3) is 27.0. The number of carbonyl (C=O) groups is 8. The summed E-state index contributed by atoms with van der Waals surface area (Å²) in [6, 6.07) is 37.0. The summed E-state index contributed by atoms with van der Waals surface area (Å²) < 4.78 is 94.7. The van der Waals surface area contributed by atoms with Gasteiger partial charge in [-0.3, -0.25) is 43.3 Å². The molecule has 134 heavy (non-hydrogen) atoms. The molecule has 6 aromatic heterocycles. The zero-order valence-electron chi connectivity index (χ0n) is 77.7. The third-order valence-electron chi connectivity index (χ3n) is 24.1. The van der Waals surface area contributed by atoms with Gasteiger partial charge in [0.05, 0.1) is 94.5 Å². The quantitative estimate of drug-likeness (QED) is 0.0125. The number of ketones is 2. The number of amidine groups is 1. The van der Waals surface area contributed by atoms with Gasteiger partial charge in [0.25, 0.3) is 5.91 Å². The molecule has 2 saturated heterocycles. The summed E-state index contributed by atoms with van der Waals surface area (Å²) in [6.07, 6.45) is 18.5. The summed E-state index contributed by atoms with van der Waals surface area (Å²) in [6.45, 7) is 20.0. The predicted molar refractivity (Wildman–Crippen MR) is 493 cm³/mol. The molecule has 10 aromatic rings. The molecule has 0 bridgehead atoms. The number of Topliss-reactive ketones (excluding diaryl/α,β-unsaturated/α-hetero) is 2. The second-order valence-electron chi connectivity index (χ2n) is 35.2. The van der Waals surface area contributed by atoms with Crippen LogP contribution >= 0.6 is 7.81 Å². The van der Waals surface area contributed by atoms with Gasteiger partial charge in [0.1, 0.15) is 35.3 Å². The molecule has 0 spiro atoms. The van der Waals surface area contributed by atoms with E-state index in [1.54, 1.807) is 43.7 Å². The number of pyridine rings is 3. The van der Waals surface area contributed by atoms with Crippen LogP contribution in [0.15, 0.2) is 161 Å². The van der Waals surface area contributed by atoms with Crippen molar-refractivity contribution in [1.29, 1.82) is 0 Å². The first-order chi connectivity index (χ1) is 63.5. The van der Waals surface area contributed by atoms with Gasteiger partial charge in [-0.2, -0.15) is 0 Å². The summed E-state index contributed by atoms with van der Waals surface area (Å²) in [5.41, 5.74) is 7.50. The molecule has 4 aliphatic heterocycles. The number of aromatic nitrogens is 8. The zero-order chi connectivity index (χ0) is 97.2. The van der Waals surface area contributed by atoms with Crippen LogP contribution < -0.4 is 25.4 Å². The Hall–Kier alpha value is -12.4. The number of halogens is 6. The van der Waals surface area contributed by atoms with Crippen LogP contribution in [-0.4, -0.2) is 232 Å². The number of hydrogen-bond donors (Lipinski definition) is 3. The number of allylic oxidation sites excluding steroid dienone is 4. The van der Waals surface area contributed by atoms with Gasteiger partial charge < -0.3 is 54.0 Å². The Morgan fingerprint density at radius 3 is 1.46 bits per heavy atom. The van der Waals surface area contributed by atoms with E-state index in [0.717, 1.165) is 94.8 Å². The van der Waals surface area contributed by atoms with Crippen LogP contribution in [0, 0.1) is 36.5 Å². The van der Waals surface area contributed by atoms with Gasteiger partial charge in [0.2, 0.25) is 29.2 Å². The number of para-hydroxylation sites is 2. The number of nitrogens with two attached hydrogens (primary N) is 1. The number of carbonyl (C=O) groups excluding carboxylic acids is 7. The summed E-state index contributed by atoms with van der Waals surface area (Å²) in [7, 11) is -3.09. The number of benzene rings is 4. The van der Waals surface area contributed by atoms with Crippen LogP contribution in [0.25, 0.3) is 54.5 Å². The van der Waals surface area contributed by atoms with Crippen LogP contribution in [0.1, 0.15) is 184 Å². The maximum absolute atomic E-state index is 14.5. The molecule has 3 amide bonds. The van der Waals surface area contributed by atoms with Crippen molar-refractivity contribution in [3.05, 3.63) is 175 Å². The Bertz CT molecular complexity index is 5930. The van der Waals surface area contributed by atoms with E-state index in [2.05, 4.69) is 93.2 Å². The topological polar surface area (TPSA) is 378 Å². The number of carboxylic acids is 1. The number of rotatable bonds is 15. The van der Waals surface area contributed by atoms with Gasteiger partial charge in [-0.05, 0) is 182 Å². The summed E-state index contributed by atoms with van der Waals surface area (Å²) >= 11 is 0. The standard InChI is InChI=1S/C39H42N4O7.C34H39N3O5.C10H15N6O.C8H19N.C5H5NO3.F6P/c1-3-48-38(47)39-21-25(39)13-7-5-4-6-8-18-31(40-35(45)32-19-24(2)50-42-32)37(46)43-23-26(20-33(43)34(44)22-39)49-36-29-16-10-9-14-27(29)28-15-11-12-17-30(28)41-36;1-2-41-33(40)34-19-22(34)12-6-4-3-5-7-16-27(35)32(39)37-21-23(18-29(37)30(38)20-34)42-31-26-15-9-8-13-24(26)25-14-10-11-17-28(25)36-31;1-14(2)10(15(3)4)17-16-9-8(12-13-16)6-5-7-11-9;1-6-9(7(2)3)8(4)5;1-3-2-4(5(7)8)6-9-3;1-7(2,3,4,5)6/h7,9-17,19,25-26,31,33H,3-6,8,18,20-23H2,1-2H3,(H,40,45);6,8-15,17,22-23,27,29H,2-5,7,16,18-21,35H2,1H3;5-7H,1-4H3;7-8H,6H2,1-5H3;2H,1H3,(H,7,8);/q;;+1;;;-1/b13-7-;12-6-;;;;/t25-,26-,31+,33+,39-;22-,23-,27+,29+,34-;;;;/m11..../s1. The molecule has 2 saturated carbocycles. The third-order valence-corrected chi connectivity index (χ3v) is 24.1. The normalized spacial score (nSPS) is 23.0. The molecule has 31 nitrogen and oxygen atoms in total. The number of nitrogens with one attached hydrogen (secondary N) is 1. The molecule has 0 radical (unpaired) electrons. The van der Waals surface area contributed by atoms with Crippen LogP contribution in [-0.2, 0) is 38.2 Å². The van der Waals surface area contributed by atoms with Crippen molar-refractivity contribution in [3.63, 3.8) is 0 Å². The molecule has 4 aromatic carbocycles. The average Bonchev–Trinajstić information content (AvgIpc) is 1.58. The molecule has 38 heteroatoms. The van der Waals surface area contributed by atoms with E-state index in [9.17, 15) is 63.5 Å². The summed E-state index contributed by atoms with van der Waals surface area (Å²) in [5, 5.41) is 31.9. The first-order valence-electron chi connectivity index (χ1n) is 45.3. The summed E-state index contributed by atoms with van der Waals surface area (Å²) in [5.74, 6) is -1.50. The fourth-order valence-electron chi connectivity index (χ4n) is 17.6. The molecule has 10 heterocycles. The number of hydrogen-bond acceptors (Lipinski definition) is 24. The fraction of sp³-hybridized carbons (Fsp3) is 0.479. The number of amides is 3. The van der Waals surface area contributed by atoms with Crippen molar-refractivity contribution >= 4 is 116 Å². The predicted octanol–water partition coefficient (Wildman–Crippen LogP) is 16.6. The molecule has 2 aliphatic carbocycles. The molecule has 4 N–H and O–H groups in total. The van der Waals surface area contributed by atoms with Gasteiger partial charge >= 0.3 is 56.9 Å². The van der Waals surface area contributed by atoms with E-state index < -0.39 is 66.9 Å². The van der Waals surface area contributed by atoms with E-state index >= 15 is 0 Å². The van der Waals surface area contributed by atoms with Gasteiger partial charge in [-0.25, -0.2) is 29.2 Å². The van der Waals surface area contributed by atoms with E-state index in [1.807, 2.05) is 153 Å². The first-order valence-corrected chi connectivity index (χ1v) is 47.3. The van der Waals surface area contributed by atoms with Crippen LogP contribution in [0.3, 0.4) is 0 Å². The Kier molecular flexibility index (Phi) is 33.4. The molecular weight excluding hydrogens is 1760 g/mol. The number of fused-ring (bicyclic) bond motifs is 11. The summed E-state index contributed by atoms with van der Waals surface area (Å²) in [4.78, 5) is 135. The number of ether oxygens (including phenoxy) is 4. The molecular formula is C96H120F6N15O16P. The van der Waals surface area contributed by atoms with Crippen molar-refractivity contribution in [1.82, 2.24) is 65.3 Å². The second kappa shape index (κ2) is 43.8. The Morgan fingerprint density at radius 2 is 1.04 bits per heavy atom. The number of carboxylic acid groups (broad SMARTS) is 1. The maximum atomic E-state index is 14.5. The number of esters is 2.